The van der Waals surface area contributed by atoms with Crippen molar-refractivity contribution in [1.29, 1.82) is 0 Å². The number of hydrogen-bond acceptors (Lipinski definition) is 7. The summed E-state index contributed by atoms with van der Waals surface area (Å²) in [4.78, 5) is 12.0. The van der Waals surface area contributed by atoms with Crippen LogP contribution in [0.25, 0.3) is 0 Å². The largest absolute Gasteiger partial charge is 0.468 e. The molecular weight excluding hydrogens is 394 g/mol. The first-order valence-electron chi connectivity index (χ1n) is 8.28. The minimum Gasteiger partial charge on any atom is -0.468 e. The number of ether oxygens (including phenoxy) is 1. The molecule has 0 aliphatic carbocycles. The van der Waals surface area contributed by atoms with Crippen LogP contribution in [0.1, 0.15) is 28.3 Å². The average Bonchev–Trinajstić information content (AvgIpc) is 3.33. The van der Waals surface area contributed by atoms with Crippen molar-refractivity contribution in [1.82, 2.24) is 4.31 Å². The molecular formula is C17H21NO5S3. The van der Waals surface area contributed by atoms with Crippen molar-refractivity contribution in [2.45, 2.75) is 23.5 Å². The summed E-state index contributed by atoms with van der Waals surface area (Å²) in [6.07, 6.45) is 3.32. The quantitative estimate of drug-likeness (QED) is 0.645. The minimum atomic E-state index is -3.66. The van der Waals surface area contributed by atoms with Crippen molar-refractivity contribution < 1.29 is 22.4 Å². The van der Waals surface area contributed by atoms with Crippen LogP contribution < -0.4 is 0 Å². The van der Waals surface area contributed by atoms with Gasteiger partial charge in [-0.3, -0.25) is 0 Å². The fraction of sp³-hybridized carbons (Fsp3) is 0.471. The zero-order valence-corrected chi connectivity index (χ0v) is 16.9. The van der Waals surface area contributed by atoms with Crippen LogP contribution in [0.2, 0.25) is 0 Å². The van der Waals surface area contributed by atoms with E-state index in [0.29, 0.717) is 19.0 Å². The molecule has 9 heteroatoms. The van der Waals surface area contributed by atoms with E-state index >= 15 is 0 Å². The molecule has 0 atom stereocenters. The predicted octanol–water partition coefficient (Wildman–Crippen LogP) is 3.46. The smallest absolute Gasteiger partial charge is 0.349 e. The lowest BCUT2D eigenvalue weighted by Gasteiger charge is -2.31. The van der Waals surface area contributed by atoms with Crippen LogP contribution >= 0.6 is 23.1 Å². The van der Waals surface area contributed by atoms with Gasteiger partial charge in [-0.15, -0.1) is 11.3 Å². The average molecular weight is 416 g/mol. The number of rotatable bonds is 7. The van der Waals surface area contributed by atoms with E-state index in [2.05, 4.69) is 4.74 Å². The zero-order chi connectivity index (χ0) is 18.6. The van der Waals surface area contributed by atoms with E-state index in [-0.39, 0.29) is 9.77 Å². The molecule has 6 nitrogen and oxygen atoms in total. The Balaban J connectivity index is 1.55. The summed E-state index contributed by atoms with van der Waals surface area (Å²) >= 11 is 2.90. The second kappa shape index (κ2) is 8.60. The number of nitrogens with zero attached hydrogens (tertiary/aromatic N) is 1. The van der Waals surface area contributed by atoms with E-state index in [4.69, 9.17) is 4.42 Å². The molecule has 0 spiro atoms. The van der Waals surface area contributed by atoms with Gasteiger partial charge in [0.05, 0.1) is 19.1 Å². The highest BCUT2D eigenvalue weighted by Gasteiger charge is 2.33. The summed E-state index contributed by atoms with van der Waals surface area (Å²) < 4.78 is 37.2. The first-order chi connectivity index (χ1) is 12.5. The first-order valence-corrected chi connectivity index (χ1v) is 11.8. The number of carbonyl (C=O) groups is 1. The lowest BCUT2D eigenvalue weighted by molar-refractivity contribution is 0.0602. The van der Waals surface area contributed by atoms with E-state index in [1.807, 2.05) is 23.9 Å². The van der Waals surface area contributed by atoms with Crippen molar-refractivity contribution in [2.75, 3.05) is 26.0 Å². The predicted molar refractivity (Wildman–Crippen MR) is 102 cm³/mol. The van der Waals surface area contributed by atoms with Gasteiger partial charge in [0.25, 0.3) is 0 Å². The fourth-order valence-corrected chi connectivity index (χ4v) is 6.85. The van der Waals surface area contributed by atoms with Gasteiger partial charge in [0.1, 0.15) is 15.5 Å². The molecule has 3 rings (SSSR count). The van der Waals surface area contributed by atoms with Crippen LogP contribution in [0.4, 0.5) is 0 Å². The van der Waals surface area contributed by atoms with Crippen molar-refractivity contribution in [3.05, 3.63) is 40.5 Å². The Hall–Kier alpha value is -1.29. The van der Waals surface area contributed by atoms with Crippen molar-refractivity contribution in [3.63, 3.8) is 0 Å². The highest BCUT2D eigenvalue weighted by molar-refractivity contribution is 7.98. The molecule has 0 unspecified atom stereocenters. The normalized spacial score (nSPS) is 16.7. The van der Waals surface area contributed by atoms with Gasteiger partial charge in [-0.25, -0.2) is 13.2 Å². The molecule has 0 aromatic carbocycles. The van der Waals surface area contributed by atoms with E-state index in [9.17, 15) is 13.2 Å². The molecule has 26 heavy (non-hydrogen) atoms. The van der Waals surface area contributed by atoms with Gasteiger partial charge in [-0.1, -0.05) is 0 Å². The molecule has 1 saturated heterocycles. The Labute approximate surface area is 161 Å². The standard InChI is InChI=1S/C17H21NO5S3/c1-22-17(19)16-15(6-10-25-16)26(20,21)18-7-4-13(5-8-18)11-24-12-14-3-2-9-23-14/h2-3,6,9-10,13H,4-5,7-8,11-12H2,1H3. The summed E-state index contributed by atoms with van der Waals surface area (Å²) in [6, 6.07) is 5.33. The first kappa shape index (κ1) is 19.5. The van der Waals surface area contributed by atoms with Gasteiger partial charge in [-0.05, 0) is 48.1 Å². The van der Waals surface area contributed by atoms with Gasteiger partial charge in [0.2, 0.25) is 10.0 Å². The lowest BCUT2D eigenvalue weighted by atomic mass is 10.0. The van der Waals surface area contributed by atoms with Crippen molar-refractivity contribution >= 4 is 39.1 Å². The summed E-state index contributed by atoms with van der Waals surface area (Å²) in [5.74, 6) is 2.66. The molecule has 1 aliphatic rings. The summed E-state index contributed by atoms with van der Waals surface area (Å²) in [6.45, 7) is 0.954. The zero-order valence-electron chi connectivity index (χ0n) is 14.4. The van der Waals surface area contributed by atoms with Crippen molar-refractivity contribution in [2.24, 2.45) is 5.92 Å². The van der Waals surface area contributed by atoms with Gasteiger partial charge in [-0.2, -0.15) is 16.1 Å². The SMILES string of the molecule is COC(=O)c1sccc1S(=O)(=O)N1CCC(CSCc2ccco2)CC1. The minimum absolute atomic E-state index is 0.0556. The number of thioether (sulfide) groups is 1. The number of methoxy groups -OCH3 is 1. The highest BCUT2D eigenvalue weighted by Crippen LogP contribution is 2.30. The van der Waals surface area contributed by atoms with Gasteiger partial charge in [0, 0.05) is 13.1 Å². The van der Waals surface area contributed by atoms with Gasteiger partial charge >= 0.3 is 5.97 Å². The molecule has 1 aliphatic heterocycles. The molecule has 0 amide bonds. The van der Waals surface area contributed by atoms with Crippen molar-refractivity contribution in [3.8, 4) is 0 Å². The van der Waals surface area contributed by atoms with E-state index in [0.717, 1.165) is 41.4 Å². The van der Waals surface area contributed by atoms with Crippen LogP contribution in [0, 0.1) is 5.92 Å². The molecule has 0 saturated carbocycles. The molecule has 1 fully saturated rings. The molecule has 2 aromatic rings. The lowest BCUT2D eigenvalue weighted by Crippen LogP contribution is -2.39. The summed E-state index contributed by atoms with van der Waals surface area (Å²) in [5.41, 5.74) is 0. The maximum Gasteiger partial charge on any atom is 0.349 e. The molecule has 0 bridgehead atoms. The number of piperidine rings is 1. The third-order valence-electron chi connectivity index (χ3n) is 4.37. The Morgan fingerprint density at radius 3 is 2.81 bits per heavy atom. The van der Waals surface area contributed by atoms with Crippen LogP contribution in [0.3, 0.4) is 0 Å². The second-order valence-corrected chi connectivity index (χ2v) is 9.90. The molecule has 3 heterocycles. The monoisotopic (exact) mass is 415 g/mol. The maximum atomic E-state index is 12.9. The van der Waals surface area contributed by atoms with E-state index in [1.165, 1.54) is 17.5 Å². The second-order valence-electron chi connectivity index (χ2n) is 6.05. The Kier molecular flexibility index (Phi) is 6.44. The third kappa shape index (κ3) is 4.33. The number of thiophene rings is 1. The van der Waals surface area contributed by atoms with Gasteiger partial charge < -0.3 is 9.15 Å². The number of esters is 1. The Bertz CT molecular complexity index is 820. The molecule has 0 N–H and O–H groups in total. The van der Waals surface area contributed by atoms with Crippen LogP contribution in [0.5, 0.6) is 0 Å². The number of furan rings is 1. The molecule has 0 radical (unpaired) electrons. The third-order valence-corrected chi connectivity index (χ3v) is 8.53. The van der Waals surface area contributed by atoms with Crippen LogP contribution in [0.15, 0.2) is 39.2 Å². The Morgan fingerprint density at radius 1 is 1.38 bits per heavy atom. The maximum absolute atomic E-state index is 12.9. The molecule has 142 valence electrons. The fourth-order valence-electron chi connectivity index (χ4n) is 2.92. The highest BCUT2D eigenvalue weighted by atomic mass is 32.2. The summed E-state index contributed by atoms with van der Waals surface area (Å²) in [7, 11) is -2.41. The number of sulfonamides is 1. The van der Waals surface area contributed by atoms with Crippen LogP contribution in [-0.4, -0.2) is 44.6 Å². The Morgan fingerprint density at radius 2 is 2.15 bits per heavy atom. The van der Waals surface area contributed by atoms with E-state index in [1.54, 1.807) is 11.6 Å². The topological polar surface area (TPSA) is 76.8 Å². The van der Waals surface area contributed by atoms with Crippen LogP contribution in [-0.2, 0) is 20.5 Å². The molecule has 2 aromatic heterocycles. The van der Waals surface area contributed by atoms with Gasteiger partial charge in [0.15, 0.2) is 0 Å². The van der Waals surface area contributed by atoms with E-state index < -0.39 is 16.0 Å². The summed E-state index contributed by atoms with van der Waals surface area (Å²) in [5, 5.41) is 1.61. The number of carbonyl (C=O) groups excluding carboxylic acids is 1. The number of hydrogen-bond donors (Lipinski definition) is 0.